The molecular formula is C18H15FN4O2S. The summed E-state index contributed by atoms with van der Waals surface area (Å²) in [6.07, 6.45) is 1.82. The highest BCUT2D eigenvalue weighted by Crippen LogP contribution is 2.29. The van der Waals surface area contributed by atoms with Gasteiger partial charge in [-0.15, -0.1) is 0 Å². The molecule has 1 saturated heterocycles. The Kier molecular flexibility index (Phi) is 4.34. The lowest BCUT2D eigenvalue weighted by Gasteiger charge is -2.15. The number of nitrogens with zero attached hydrogens (tertiary/aromatic N) is 3. The van der Waals surface area contributed by atoms with E-state index < -0.39 is 11.7 Å². The molecule has 3 heterocycles. The third kappa shape index (κ3) is 3.28. The minimum atomic E-state index is -0.455. The Morgan fingerprint density at radius 3 is 2.96 bits per heavy atom. The number of hydrogen-bond acceptors (Lipinski definition) is 5. The number of likely N-dealkylation sites (tertiary alicyclic amines) is 1. The zero-order valence-corrected chi connectivity index (χ0v) is 14.5. The quantitative estimate of drug-likeness (QED) is 0.766. The van der Waals surface area contributed by atoms with Crippen LogP contribution in [0.3, 0.4) is 0 Å². The molecule has 1 aromatic carbocycles. The predicted molar refractivity (Wildman–Crippen MR) is 96.0 cm³/mol. The van der Waals surface area contributed by atoms with Gasteiger partial charge in [0.25, 0.3) is 0 Å². The topological polar surface area (TPSA) is 75.2 Å². The molecule has 0 aliphatic carbocycles. The van der Waals surface area contributed by atoms with Gasteiger partial charge in [-0.1, -0.05) is 23.5 Å². The molecule has 3 aromatic rings. The number of pyridine rings is 1. The van der Waals surface area contributed by atoms with Crippen LogP contribution in [0.2, 0.25) is 0 Å². The Bertz CT molecular complexity index is 976. The fourth-order valence-electron chi connectivity index (χ4n) is 2.96. The van der Waals surface area contributed by atoms with E-state index in [-0.39, 0.29) is 23.8 Å². The minimum Gasteiger partial charge on any atom is -0.336 e. The Balaban J connectivity index is 1.43. The van der Waals surface area contributed by atoms with E-state index >= 15 is 0 Å². The second-order valence-corrected chi connectivity index (χ2v) is 7.12. The minimum absolute atomic E-state index is 0.0776. The lowest BCUT2D eigenvalue weighted by Crippen LogP contribution is -2.28. The molecule has 26 heavy (non-hydrogen) atoms. The Morgan fingerprint density at radius 1 is 1.31 bits per heavy atom. The van der Waals surface area contributed by atoms with Crippen LogP contribution < -0.4 is 5.32 Å². The summed E-state index contributed by atoms with van der Waals surface area (Å²) < 4.78 is 14.4. The maximum atomic E-state index is 13.7. The third-order valence-electron chi connectivity index (χ3n) is 4.26. The zero-order valence-electron chi connectivity index (χ0n) is 13.7. The molecule has 2 amide bonds. The van der Waals surface area contributed by atoms with Crippen molar-refractivity contribution in [3.63, 3.8) is 0 Å². The SMILES string of the molecule is O=C(Nc1nc2c(F)cccc2s1)C1CC(=O)N(Cc2ccccn2)C1. The first kappa shape index (κ1) is 16.6. The van der Waals surface area contributed by atoms with Crippen molar-refractivity contribution in [2.75, 3.05) is 11.9 Å². The molecule has 0 bridgehead atoms. The molecule has 1 unspecified atom stereocenters. The van der Waals surface area contributed by atoms with Crippen molar-refractivity contribution in [2.45, 2.75) is 13.0 Å². The molecular weight excluding hydrogens is 355 g/mol. The largest absolute Gasteiger partial charge is 0.336 e. The summed E-state index contributed by atoms with van der Waals surface area (Å²) in [5.74, 6) is -1.23. The molecule has 1 N–H and O–H groups in total. The van der Waals surface area contributed by atoms with Crippen molar-refractivity contribution in [1.82, 2.24) is 14.9 Å². The number of rotatable bonds is 4. The van der Waals surface area contributed by atoms with Gasteiger partial charge in [0, 0.05) is 19.2 Å². The molecule has 2 aromatic heterocycles. The number of thiazole rings is 1. The van der Waals surface area contributed by atoms with E-state index in [9.17, 15) is 14.0 Å². The number of para-hydroxylation sites is 1. The standard InChI is InChI=1S/C18H15FN4O2S/c19-13-5-3-6-14-16(13)21-18(26-14)22-17(25)11-8-15(24)23(9-11)10-12-4-1-2-7-20-12/h1-7,11H,8-10H2,(H,21,22,25). The highest BCUT2D eigenvalue weighted by Gasteiger charge is 2.34. The summed E-state index contributed by atoms with van der Waals surface area (Å²) in [6, 6.07) is 10.2. The number of carbonyl (C=O) groups excluding carboxylic acids is 2. The van der Waals surface area contributed by atoms with Crippen molar-refractivity contribution in [3.8, 4) is 0 Å². The van der Waals surface area contributed by atoms with E-state index in [1.165, 1.54) is 17.4 Å². The molecule has 0 radical (unpaired) electrons. The maximum Gasteiger partial charge on any atom is 0.231 e. The van der Waals surface area contributed by atoms with Gasteiger partial charge in [0.05, 0.1) is 22.9 Å². The second-order valence-electron chi connectivity index (χ2n) is 6.09. The van der Waals surface area contributed by atoms with Gasteiger partial charge in [0.2, 0.25) is 11.8 Å². The van der Waals surface area contributed by atoms with Crippen molar-refractivity contribution >= 4 is 38.5 Å². The fraction of sp³-hybridized carbons (Fsp3) is 0.222. The van der Waals surface area contributed by atoms with Gasteiger partial charge < -0.3 is 10.2 Å². The van der Waals surface area contributed by atoms with Gasteiger partial charge in [0.15, 0.2) is 5.13 Å². The van der Waals surface area contributed by atoms with Crippen LogP contribution in [0.1, 0.15) is 12.1 Å². The number of anilines is 1. The molecule has 0 saturated carbocycles. The average molecular weight is 370 g/mol. The van der Waals surface area contributed by atoms with Crippen LogP contribution in [-0.2, 0) is 16.1 Å². The van der Waals surface area contributed by atoms with Gasteiger partial charge in [-0.25, -0.2) is 9.37 Å². The molecule has 1 fully saturated rings. The highest BCUT2D eigenvalue weighted by molar-refractivity contribution is 7.22. The highest BCUT2D eigenvalue weighted by atomic mass is 32.1. The van der Waals surface area contributed by atoms with Crippen LogP contribution >= 0.6 is 11.3 Å². The zero-order chi connectivity index (χ0) is 18.1. The first-order chi connectivity index (χ1) is 12.6. The summed E-state index contributed by atoms with van der Waals surface area (Å²) in [7, 11) is 0. The molecule has 0 spiro atoms. The summed E-state index contributed by atoms with van der Waals surface area (Å²) in [6.45, 7) is 0.719. The number of hydrogen-bond donors (Lipinski definition) is 1. The van der Waals surface area contributed by atoms with Gasteiger partial charge in [0.1, 0.15) is 11.3 Å². The number of nitrogens with one attached hydrogen (secondary N) is 1. The van der Waals surface area contributed by atoms with Gasteiger partial charge >= 0.3 is 0 Å². The summed E-state index contributed by atoms with van der Waals surface area (Å²) in [5.41, 5.74) is 1.02. The van der Waals surface area contributed by atoms with Crippen LogP contribution in [0.5, 0.6) is 0 Å². The Labute approximate surface area is 152 Å². The summed E-state index contributed by atoms with van der Waals surface area (Å²) in [4.78, 5) is 34.6. The number of benzene rings is 1. The lowest BCUT2D eigenvalue weighted by atomic mass is 10.1. The Hall–Kier alpha value is -2.87. The van der Waals surface area contributed by atoms with Crippen molar-refractivity contribution in [2.24, 2.45) is 5.92 Å². The van der Waals surface area contributed by atoms with E-state index in [0.29, 0.717) is 22.9 Å². The van der Waals surface area contributed by atoms with Crippen molar-refractivity contribution in [1.29, 1.82) is 0 Å². The summed E-state index contributed by atoms with van der Waals surface area (Å²) in [5, 5.41) is 3.05. The van der Waals surface area contributed by atoms with Crippen LogP contribution in [-0.4, -0.2) is 33.2 Å². The number of amides is 2. The molecule has 8 heteroatoms. The van der Waals surface area contributed by atoms with Crippen LogP contribution in [0, 0.1) is 11.7 Å². The molecule has 4 rings (SSSR count). The van der Waals surface area contributed by atoms with Gasteiger partial charge in [-0.05, 0) is 24.3 Å². The number of carbonyl (C=O) groups is 2. The van der Waals surface area contributed by atoms with Gasteiger partial charge in [-0.2, -0.15) is 0 Å². The van der Waals surface area contributed by atoms with Crippen LogP contribution in [0.15, 0.2) is 42.6 Å². The van der Waals surface area contributed by atoms with Crippen LogP contribution in [0.25, 0.3) is 10.2 Å². The maximum absolute atomic E-state index is 13.7. The first-order valence-electron chi connectivity index (χ1n) is 8.14. The smallest absolute Gasteiger partial charge is 0.231 e. The molecule has 6 nitrogen and oxygen atoms in total. The normalized spacial score (nSPS) is 17.0. The van der Waals surface area contributed by atoms with E-state index in [4.69, 9.17) is 0 Å². The lowest BCUT2D eigenvalue weighted by molar-refractivity contribution is -0.128. The average Bonchev–Trinajstić information content (AvgIpc) is 3.20. The molecule has 1 aliphatic heterocycles. The number of fused-ring (bicyclic) bond motifs is 1. The van der Waals surface area contributed by atoms with E-state index in [0.717, 1.165) is 5.69 Å². The van der Waals surface area contributed by atoms with E-state index in [1.54, 1.807) is 23.2 Å². The number of halogens is 1. The van der Waals surface area contributed by atoms with Gasteiger partial charge in [-0.3, -0.25) is 14.6 Å². The third-order valence-corrected chi connectivity index (χ3v) is 5.20. The predicted octanol–water partition coefficient (Wildman–Crippen LogP) is 2.82. The van der Waals surface area contributed by atoms with E-state index in [1.807, 2.05) is 18.2 Å². The molecule has 132 valence electrons. The van der Waals surface area contributed by atoms with E-state index in [2.05, 4.69) is 15.3 Å². The molecule has 1 aliphatic rings. The summed E-state index contributed by atoms with van der Waals surface area (Å²) >= 11 is 1.21. The Morgan fingerprint density at radius 2 is 2.19 bits per heavy atom. The second kappa shape index (κ2) is 6.80. The monoisotopic (exact) mass is 370 g/mol. The number of aromatic nitrogens is 2. The molecule has 1 atom stereocenters. The first-order valence-corrected chi connectivity index (χ1v) is 8.95. The van der Waals surface area contributed by atoms with Crippen molar-refractivity contribution in [3.05, 3.63) is 54.1 Å². The fourth-order valence-corrected chi connectivity index (χ4v) is 3.85. The van der Waals surface area contributed by atoms with Crippen LogP contribution in [0.4, 0.5) is 9.52 Å². The van der Waals surface area contributed by atoms with Crippen molar-refractivity contribution < 1.29 is 14.0 Å².